The molecule has 0 radical (unpaired) electrons. The number of nitrogens with zero attached hydrogens (tertiary/aromatic N) is 4. The van der Waals surface area contributed by atoms with Crippen molar-refractivity contribution in [1.82, 2.24) is 19.9 Å². The highest BCUT2D eigenvalue weighted by molar-refractivity contribution is 5.69. The van der Waals surface area contributed by atoms with Gasteiger partial charge in [0.2, 0.25) is 0 Å². The Kier molecular flexibility index (Phi) is 4.83. The van der Waals surface area contributed by atoms with Crippen LogP contribution in [0.2, 0.25) is 0 Å². The van der Waals surface area contributed by atoms with Gasteiger partial charge >= 0.3 is 0 Å². The average Bonchev–Trinajstić information content (AvgIpc) is 2.87. The lowest BCUT2D eigenvalue weighted by atomic mass is 9.92. The Morgan fingerprint density at radius 1 is 1.29 bits per heavy atom. The molecule has 0 atom stereocenters. The smallest absolute Gasteiger partial charge is 0.154 e. The molecule has 2 aromatic heterocycles. The van der Waals surface area contributed by atoms with Crippen LogP contribution in [0, 0.1) is 0 Å². The molecule has 0 saturated carbocycles. The molecule has 2 rings (SSSR count). The highest BCUT2D eigenvalue weighted by atomic mass is 15.3. The lowest BCUT2D eigenvalue weighted by Crippen LogP contribution is -2.32. The predicted molar refractivity (Wildman–Crippen MR) is 88.1 cm³/mol. The third-order valence-corrected chi connectivity index (χ3v) is 3.56. The Morgan fingerprint density at radius 2 is 2.05 bits per heavy atom. The second kappa shape index (κ2) is 6.43. The highest BCUT2D eigenvalue weighted by Gasteiger charge is 2.20. The molecule has 0 bridgehead atoms. The van der Waals surface area contributed by atoms with Crippen LogP contribution >= 0.6 is 0 Å². The van der Waals surface area contributed by atoms with Gasteiger partial charge in [-0.3, -0.25) is 0 Å². The summed E-state index contributed by atoms with van der Waals surface area (Å²) in [6.45, 7) is 11.7. The standard InChI is InChI=1S/C16H27N5/c1-6-9-20(10-7-17-5)15-13-12-14(16(2,3)4)19-21(13)11-8-18-15/h8,11-12,17H,6-7,9-10H2,1-5H3. The fraction of sp³-hybridized carbons (Fsp3) is 0.625. The minimum Gasteiger partial charge on any atom is -0.354 e. The lowest BCUT2D eigenvalue weighted by molar-refractivity contribution is 0.562. The van der Waals surface area contributed by atoms with E-state index in [1.165, 1.54) is 0 Å². The summed E-state index contributed by atoms with van der Waals surface area (Å²) in [5.74, 6) is 1.03. The van der Waals surface area contributed by atoms with Gasteiger partial charge in [-0.1, -0.05) is 27.7 Å². The summed E-state index contributed by atoms with van der Waals surface area (Å²) in [7, 11) is 1.98. The third-order valence-electron chi connectivity index (χ3n) is 3.56. The van der Waals surface area contributed by atoms with Crippen LogP contribution < -0.4 is 10.2 Å². The molecule has 0 unspecified atom stereocenters. The molecule has 0 aromatic carbocycles. The molecular weight excluding hydrogens is 262 g/mol. The predicted octanol–water partition coefficient (Wildman–Crippen LogP) is 2.46. The van der Waals surface area contributed by atoms with E-state index < -0.39 is 0 Å². The van der Waals surface area contributed by atoms with Crippen molar-refractivity contribution in [3.05, 3.63) is 24.2 Å². The van der Waals surface area contributed by atoms with E-state index in [-0.39, 0.29) is 5.41 Å². The van der Waals surface area contributed by atoms with Crippen molar-refractivity contribution in [2.24, 2.45) is 0 Å². The Balaban J connectivity index is 2.44. The summed E-state index contributed by atoms with van der Waals surface area (Å²) in [6, 6.07) is 2.17. The highest BCUT2D eigenvalue weighted by Crippen LogP contribution is 2.26. The van der Waals surface area contributed by atoms with E-state index in [1.807, 2.05) is 24.0 Å². The molecule has 0 aliphatic carbocycles. The number of anilines is 1. The monoisotopic (exact) mass is 289 g/mol. The van der Waals surface area contributed by atoms with Gasteiger partial charge in [0.1, 0.15) is 5.52 Å². The Labute approximate surface area is 127 Å². The Morgan fingerprint density at radius 3 is 2.67 bits per heavy atom. The van der Waals surface area contributed by atoms with Crippen molar-refractivity contribution in [2.45, 2.75) is 39.5 Å². The first kappa shape index (κ1) is 15.8. The molecule has 0 saturated heterocycles. The van der Waals surface area contributed by atoms with Crippen LogP contribution in [0.1, 0.15) is 39.8 Å². The average molecular weight is 289 g/mol. The fourth-order valence-electron chi connectivity index (χ4n) is 2.36. The van der Waals surface area contributed by atoms with Crippen molar-refractivity contribution in [1.29, 1.82) is 0 Å². The molecule has 0 fully saturated rings. The zero-order chi connectivity index (χ0) is 15.5. The van der Waals surface area contributed by atoms with E-state index in [4.69, 9.17) is 5.10 Å². The fourth-order valence-corrected chi connectivity index (χ4v) is 2.36. The van der Waals surface area contributed by atoms with Crippen molar-refractivity contribution >= 4 is 11.3 Å². The van der Waals surface area contributed by atoms with Gasteiger partial charge in [-0.15, -0.1) is 0 Å². The molecule has 2 heterocycles. The van der Waals surface area contributed by atoms with E-state index in [0.717, 1.165) is 43.1 Å². The van der Waals surface area contributed by atoms with Crippen molar-refractivity contribution < 1.29 is 0 Å². The number of fused-ring (bicyclic) bond motifs is 1. The van der Waals surface area contributed by atoms with Crippen LogP contribution in [-0.4, -0.2) is 41.3 Å². The summed E-state index contributed by atoms with van der Waals surface area (Å²) >= 11 is 0. The van der Waals surface area contributed by atoms with Gasteiger partial charge in [0, 0.05) is 37.4 Å². The van der Waals surface area contributed by atoms with E-state index in [2.05, 4.69) is 49.0 Å². The molecule has 21 heavy (non-hydrogen) atoms. The van der Waals surface area contributed by atoms with Gasteiger partial charge < -0.3 is 10.2 Å². The summed E-state index contributed by atoms with van der Waals surface area (Å²) < 4.78 is 1.95. The number of nitrogens with one attached hydrogen (secondary N) is 1. The second-order valence-corrected chi connectivity index (χ2v) is 6.45. The van der Waals surface area contributed by atoms with E-state index in [1.54, 1.807) is 0 Å². The Bertz CT molecular complexity index is 582. The number of rotatable bonds is 6. The van der Waals surface area contributed by atoms with Crippen LogP contribution in [0.25, 0.3) is 5.52 Å². The summed E-state index contributed by atoms with van der Waals surface area (Å²) in [5.41, 5.74) is 2.23. The van der Waals surface area contributed by atoms with Crippen LogP contribution in [-0.2, 0) is 5.41 Å². The summed E-state index contributed by atoms with van der Waals surface area (Å²) in [6.07, 6.45) is 4.87. The van der Waals surface area contributed by atoms with Crippen molar-refractivity contribution in [2.75, 3.05) is 31.6 Å². The summed E-state index contributed by atoms with van der Waals surface area (Å²) in [5, 5.41) is 7.91. The van der Waals surface area contributed by atoms with Crippen LogP contribution in [0.15, 0.2) is 18.5 Å². The van der Waals surface area contributed by atoms with Crippen molar-refractivity contribution in [3.63, 3.8) is 0 Å². The van der Waals surface area contributed by atoms with Crippen LogP contribution in [0.3, 0.4) is 0 Å². The molecule has 2 aromatic rings. The van der Waals surface area contributed by atoms with Crippen LogP contribution in [0.4, 0.5) is 5.82 Å². The third kappa shape index (κ3) is 3.53. The largest absolute Gasteiger partial charge is 0.354 e. The first-order valence-electron chi connectivity index (χ1n) is 7.71. The van der Waals surface area contributed by atoms with Gasteiger partial charge in [0.15, 0.2) is 5.82 Å². The molecule has 116 valence electrons. The maximum Gasteiger partial charge on any atom is 0.154 e. The molecule has 0 spiro atoms. The number of aromatic nitrogens is 3. The summed E-state index contributed by atoms with van der Waals surface area (Å²) in [4.78, 5) is 6.94. The number of likely N-dealkylation sites (N-methyl/N-ethyl adjacent to an activating group) is 1. The van der Waals surface area contributed by atoms with Gasteiger partial charge in [0.25, 0.3) is 0 Å². The molecule has 0 aliphatic heterocycles. The minimum absolute atomic E-state index is 0.0455. The van der Waals surface area contributed by atoms with Gasteiger partial charge in [-0.25, -0.2) is 9.50 Å². The van der Waals surface area contributed by atoms with Gasteiger partial charge in [-0.05, 0) is 19.5 Å². The second-order valence-electron chi connectivity index (χ2n) is 6.45. The maximum absolute atomic E-state index is 4.70. The van der Waals surface area contributed by atoms with Crippen molar-refractivity contribution in [3.8, 4) is 0 Å². The molecule has 0 aliphatic rings. The first-order valence-corrected chi connectivity index (χ1v) is 7.71. The topological polar surface area (TPSA) is 45.5 Å². The molecule has 1 N–H and O–H groups in total. The molecular formula is C16H27N5. The lowest BCUT2D eigenvalue weighted by Gasteiger charge is -2.23. The molecule has 5 heteroatoms. The maximum atomic E-state index is 4.70. The van der Waals surface area contributed by atoms with E-state index in [0.29, 0.717) is 0 Å². The van der Waals surface area contributed by atoms with E-state index >= 15 is 0 Å². The normalized spacial score (nSPS) is 12.0. The zero-order valence-electron chi connectivity index (χ0n) is 13.8. The van der Waals surface area contributed by atoms with Crippen LogP contribution in [0.5, 0.6) is 0 Å². The number of hydrogen-bond donors (Lipinski definition) is 1. The SMILES string of the molecule is CCCN(CCNC)c1nccn2nc(C(C)(C)C)cc12. The van der Waals surface area contributed by atoms with Gasteiger partial charge in [-0.2, -0.15) is 5.10 Å². The quantitative estimate of drug-likeness (QED) is 0.887. The molecule has 5 nitrogen and oxygen atoms in total. The first-order chi connectivity index (χ1) is 9.97. The Hall–Kier alpha value is -1.62. The van der Waals surface area contributed by atoms with E-state index in [9.17, 15) is 0 Å². The minimum atomic E-state index is 0.0455. The van der Waals surface area contributed by atoms with Gasteiger partial charge in [0.05, 0.1) is 5.69 Å². The zero-order valence-corrected chi connectivity index (χ0v) is 13.8. The molecule has 0 amide bonds. The number of hydrogen-bond acceptors (Lipinski definition) is 4.